The van der Waals surface area contributed by atoms with Crippen molar-refractivity contribution < 1.29 is 13.5 Å². The van der Waals surface area contributed by atoms with Crippen LogP contribution in [0.5, 0.6) is 0 Å². The van der Waals surface area contributed by atoms with E-state index in [1.807, 2.05) is 13.0 Å². The summed E-state index contributed by atoms with van der Waals surface area (Å²) in [4.78, 5) is 0. The molecule has 0 radical (unpaired) electrons. The van der Waals surface area contributed by atoms with Crippen LogP contribution in [-0.4, -0.2) is 38.0 Å². The van der Waals surface area contributed by atoms with Gasteiger partial charge in [0.25, 0.3) is 0 Å². The number of hydrogen-bond acceptors (Lipinski definition) is 3. The van der Waals surface area contributed by atoms with E-state index in [9.17, 15) is 8.42 Å². The van der Waals surface area contributed by atoms with E-state index in [1.165, 1.54) is 11.4 Å². The van der Waals surface area contributed by atoms with E-state index < -0.39 is 10.2 Å². The molecule has 1 aromatic carbocycles. The Morgan fingerprint density at radius 2 is 2.11 bits per heavy atom. The van der Waals surface area contributed by atoms with E-state index in [4.69, 9.17) is 5.11 Å². The number of aliphatic hydroxyl groups excluding tert-OH is 1. The third-order valence-electron chi connectivity index (χ3n) is 2.40. The molecular formula is C11H17BrN2O3S. The third kappa shape index (κ3) is 4.24. The summed E-state index contributed by atoms with van der Waals surface area (Å²) in [5, 5.41) is 8.70. The smallest absolute Gasteiger partial charge is 0.301 e. The first kappa shape index (κ1) is 15.4. The lowest BCUT2D eigenvalue weighted by Gasteiger charge is -2.18. The van der Waals surface area contributed by atoms with Gasteiger partial charge in [-0.05, 0) is 47.0 Å². The van der Waals surface area contributed by atoms with Crippen molar-refractivity contribution in [2.24, 2.45) is 0 Å². The van der Waals surface area contributed by atoms with Crippen molar-refractivity contribution in [2.45, 2.75) is 13.3 Å². The summed E-state index contributed by atoms with van der Waals surface area (Å²) in [6.07, 6.45) is 0.409. The van der Waals surface area contributed by atoms with Gasteiger partial charge in [-0.3, -0.25) is 4.72 Å². The summed E-state index contributed by atoms with van der Waals surface area (Å²) in [5.74, 6) is 0. The fourth-order valence-corrected chi connectivity index (χ4v) is 2.80. The predicted octanol–water partition coefficient (Wildman–Crippen LogP) is 1.73. The normalized spacial score (nSPS) is 11.8. The second-order valence-electron chi connectivity index (χ2n) is 3.99. The molecule has 0 saturated heterocycles. The molecule has 5 nitrogen and oxygen atoms in total. The molecule has 0 atom stereocenters. The van der Waals surface area contributed by atoms with Crippen molar-refractivity contribution in [3.05, 3.63) is 28.2 Å². The highest BCUT2D eigenvalue weighted by Gasteiger charge is 2.18. The summed E-state index contributed by atoms with van der Waals surface area (Å²) in [5.41, 5.74) is 1.47. The molecule has 0 bridgehead atoms. The number of hydrogen-bond donors (Lipinski definition) is 2. The molecular weight excluding hydrogens is 320 g/mol. The summed E-state index contributed by atoms with van der Waals surface area (Å²) in [6, 6.07) is 5.43. The van der Waals surface area contributed by atoms with Crippen LogP contribution in [0.2, 0.25) is 0 Å². The van der Waals surface area contributed by atoms with Crippen LogP contribution in [0, 0.1) is 6.92 Å². The Morgan fingerprint density at radius 3 is 2.72 bits per heavy atom. The Kier molecular flexibility index (Phi) is 5.58. The van der Waals surface area contributed by atoms with E-state index >= 15 is 0 Å². The SMILES string of the molecule is Cc1ccc(Br)c(NS(=O)(=O)N(C)CCCO)c1. The highest BCUT2D eigenvalue weighted by Crippen LogP contribution is 2.24. The molecule has 0 spiro atoms. The van der Waals surface area contributed by atoms with E-state index in [0.717, 1.165) is 5.56 Å². The van der Waals surface area contributed by atoms with Gasteiger partial charge < -0.3 is 5.11 Å². The van der Waals surface area contributed by atoms with Gasteiger partial charge in [0.15, 0.2) is 0 Å². The molecule has 0 amide bonds. The Balaban J connectivity index is 2.85. The van der Waals surface area contributed by atoms with Crippen LogP contribution in [0.1, 0.15) is 12.0 Å². The quantitative estimate of drug-likeness (QED) is 0.831. The van der Waals surface area contributed by atoms with E-state index in [0.29, 0.717) is 16.6 Å². The van der Waals surface area contributed by atoms with Crippen molar-refractivity contribution in [1.29, 1.82) is 0 Å². The molecule has 1 aromatic rings. The second-order valence-corrected chi connectivity index (χ2v) is 6.62. The minimum Gasteiger partial charge on any atom is -0.396 e. The van der Waals surface area contributed by atoms with Gasteiger partial charge in [-0.2, -0.15) is 12.7 Å². The van der Waals surface area contributed by atoms with Crippen LogP contribution >= 0.6 is 15.9 Å². The first-order chi connectivity index (χ1) is 8.36. The van der Waals surface area contributed by atoms with E-state index in [1.54, 1.807) is 12.1 Å². The lowest BCUT2D eigenvalue weighted by Crippen LogP contribution is -2.33. The van der Waals surface area contributed by atoms with Gasteiger partial charge in [-0.15, -0.1) is 0 Å². The number of rotatable bonds is 6. The molecule has 102 valence electrons. The Morgan fingerprint density at radius 1 is 1.44 bits per heavy atom. The highest BCUT2D eigenvalue weighted by atomic mass is 79.9. The Bertz CT molecular complexity index is 505. The van der Waals surface area contributed by atoms with Crippen molar-refractivity contribution in [1.82, 2.24) is 4.31 Å². The molecule has 18 heavy (non-hydrogen) atoms. The van der Waals surface area contributed by atoms with Gasteiger partial charge in [0.05, 0.1) is 5.69 Å². The monoisotopic (exact) mass is 336 g/mol. The van der Waals surface area contributed by atoms with Gasteiger partial charge in [-0.25, -0.2) is 0 Å². The zero-order chi connectivity index (χ0) is 13.8. The summed E-state index contributed by atoms with van der Waals surface area (Å²) >= 11 is 3.30. The molecule has 0 saturated carbocycles. The molecule has 0 unspecified atom stereocenters. The van der Waals surface area contributed by atoms with Gasteiger partial charge >= 0.3 is 10.2 Å². The van der Waals surface area contributed by atoms with Gasteiger partial charge in [0, 0.05) is 24.7 Å². The van der Waals surface area contributed by atoms with Crippen molar-refractivity contribution in [2.75, 3.05) is 24.9 Å². The van der Waals surface area contributed by atoms with Gasteiger partial charge in [0.1, 0.15) is 0 Å². The standard InChI is InChI=1S/C11H17BrN2O3S/c1-9-4-5-10(12)11(8-9)13-18(16,17)14(2)6-3-7-15/h4-5,8,13,15H,3,6-7H2,1-2H3. The van der Waals surface area contributed by atoms with E-state index in [-0.39, 0.29) is 13.2 Å². The number of anilines is 1. The molecule has 7 heteroatoms. The van der Waals surface area contributed by atoms with Crippen molar-refractivity contribution >= 4 is 31.8 Å². The number of nitrogens with zero attached hydrogens (tertiary/aromatic N) is 1. The van der Waals surface area contributed by atoms with Gasteiger partial charge in [-0.1, -0.05) is 6.07 Å². The summed E-state index contributed by atoms with van der Waals surface area (Å²) < 4.78 is 28.3. The molecule has 0 fully saturated rings. The average molecular weight is 337 g/mol. The summed E-state index contributed by atoms with van der Waals surface area (Å²) in [6.45, 7) is 2.13. The average Bonchev–Trinajstić information content (AvgIpc) is 2.30. The molecule has 0 aliphatic rings. The second kappa shape index (κ2) is 6.51. The maximum absolute atomic E-state index is 12.0. The van der Waals surface area contributed by atoms with E-state index in [2.05, 4.69) is 20.7 Å². The van der Waals surface area contributed by atoms with Crippen LogP contribution in [0.15, 0.2) is 22.7 Å². The number of benzene rings is 1. The number of aliphatic hydroxyl groups is 1. The van der Waals surface area contributed by atoms with Crippen LogP contribution in [0.4, 0.5) is 5.69 Å². The predicted molar refractivity (Wildman–Crippen MR) is 75.8 cm³/mol. The largest absolute Gasteiger partial charge is 0.396 e. The Labute approximate surface area is 116 Å². The van der Waals surface area contributed by atoms with Crippen molar-refractivity contribution in [3.8, 4) is 0 Å². The maximum atomic E-state index is 12.0. The fraction of sp³-hybridized carbons (Fsp3) is 0.455. The van der Waals surface area contributed by atoms with Crippen LogP contribution in [-0.2, 0) is 10.2 Å². The molecule has 0 aromatic heterocycles. The number of halogens is 1. The zero-order valence-corrected chi connectivity index (χ0v) is 12.8. The molecule has 0 aliphatic carbocycles. The topological polar surface area (TPSA) is 69.6 Å². The fourth-order valence-electron chi connectivity index (χ4n) is 1.35. The number of aryl methyl sites for hydroxylation is 1. The van der Waals surface area contributed by atoms with Crippen LogP contribution < -0.4 is 4.72 Å². The summed E-state index contributed by atoms with van der Waals surface area (Å²) in [7, 11) is -2.11. The highest BCUT2D eigenvalue weighted by molar-refractivity contribution is 9.10. The molecule has 0 heterocycles. The lowest BCUT2D eigenvalue weighted by atomic mass is 10.2. The lowest BCUT2D eigenvalue weighted by molar-refractivity contribution is 0.276. The zero-order valence-electron chi connectivity index (χ0n) is 10.4. The van der Waals surface area contributed by atoms with Gasteiger partial charge in [0.2, 0.25) is 0 Å². The molecule has 0 aliphatic heterocycles. The van der Waals surface area contributed by atoms with Crippen LogP contribution in [0.3, 0.4) is 0 Å². The molecule has 2 N–H and O–H groups in total. The minimum atomic E-state index is -3.58. The molecule has 1 rings (SSSR count). The maximum Gasteiger partial charge on any atom is 0.301 e. The first-order valence-corrected chi connectivity index (χ1v) is 7.71. The first-order valence-electron chi connectivity index (χ1n) is 5.48. The van der Waals surface area contributed by atoms with Crippen LogP contribution in [0.25, 0.3) is 0 Å². The minimum absolute atomic E-state index is 0.0337. The third-order valence-corrected chi connectivity index (χ3v) is 4.57. The number of nitrogens with one attached hydrogen (secondary N) is 1. The Hall–Kier alpha value is -0.630. The van der Waals surface area contributed by atoms with Crippen molar-refractivity contribution in [3.63, 3.8) is 0 Å².